The third kappa shape index (κ3) is 10.8. The van der Waals surface area contributed by atoms with Gasteiger partial charge in [-0.1, -0.05) is 48.5 Å². The second-order valence-electron chi connectivity index (χ2n) is 7.82. The fourth-order valence-corrected chi connectivity index (χ4v) is 3.49. The maximum atomic E-state index is 5.14. The molecule has 210 valence electrons. The van der Waals surface area contributed by atoms with Gasteiger partial charge in [-0.15, -0.1) is 0 Å². The van der Waals surface area contributed by atoms with Gasteiger partial charge in [-0.3, -0.25) is 0 Å². The Morgan fingerprint density at radius 1 is 0.447 bits per heavy atom. The molecule has 8 nitrogen and oxygen atoms in total. The van der Waals surface area contributed by atoms with E-state index in [-0.39, 0.29) is 18.9 Å². The highest BCUT2D eigenvalue weighted by molar-refractivity contribution is 5.29. The summed E-state index contributed by atoms with van der Waals surface area (Å²) in [4.78, 5) is 0. The van der Waals surface area contributed by atoms with Crippen LogP contribution in [0.4, 0.5) is 0 Å². The minimum atomic E-state index is -0.324. The van der Waals surface area contributed by atoms with Crippen LogP contribution in [-0.2, 0) is 28.4 Å². The van der Waals surface area contributed by atoms with E-state index in [9.17, 15) is 0 Å². The third-order valence-electron chi connectivity index (χ3n) is 5.48. The van der Waals surface area contributed by atoms with E-state index in [0.717, 1.165) is 28.2 Å². The van der Waals surface area contributed by atoms with Gasteiger partial charge in [0.15, 0.2) is 18.9 Å². The van der Waals surface area contributed by atoms with Crippen LogP contribution in [0.3, 0.4) is 0 Å². The zero-order valence-corrected chi connectivity index (χ0v) is 23.9. The first-order valence-electron chi connectivity index (χ1n) is 11.9. The molecule has 0 heterocycles. The smallest absolute Gasteiger partial charge is 0.183 e. The fraction of sp³-hybridized carbons (Fsp3) is 0.400. The number of ether oxygens (including phenoxy) is 8. The number of aryl methyl sites for hydroxylation is 1. The first-order chi connectivity index (χ1) is 18.4. The molecule has 0 fully saturated rings. The van der Waals surface area contributed by atoms with Crippen molar-refractivity contribution < 1.29 is 37.9 Å². The molecule has 0 saturated heterocycles. The van der Waals surface area contributed by atoms with Gasteiger partial charge in [0.1, 0.15) is 11.5 Å². The van der Waals surface area contributed by atoms with E-state index >= 15 is 0 Å². The summed E-state index contributed by atoms with van der Waals surface area (Å²) in [6, 6.07) is 23.2. The maximum absolute atomic E-state index is 5.14. The van der Waals surface area contributed by atoms with E-state index in [1.54, 1.807) is 56.9 Å². The minimum Gasteiger partial charge on any atom is -0.497 e. The van der Waals surface area contributed by atoms with E-state index < -0.39 is 0 Å². The van der Waals surface area contributed by atoms with Gasteiger partial charge < -0.3 is 37.9 Å². The van der Waals surface area contributed by atoms with Crippen molar-refractivity contribution >= 4 is 0 Å². The molecule has 8 heteroatoms. The number of hydrogen-bond donors (Lipinski definition) is 0. The monoisotopic (exact) mass is 530 g/mol. The van der Waals surface area contributed by atoms with Crippen LogP contribution in [0, 0.1) is 6.92 Å². The van der Waals surface area contributed by atoms with Crippen LogP contribution in [-0.4, -0.2) is 56.9 Å². The van der Waals surface area contributed by atoms with Crippen molar-refractivity contribution in [1.29, 1.82) is 0 Å². The van der Waals surface area contributed by atoms with Gasteiger partial charge in [0.2, 0.25) is 0 Å². The second kappa shape index (κ2) is 19.1. The fourth-order valence-electron chi connectivity index (χ4n) is 3.49. The van der Waals surface area contributed by atoms with Crippen molar-refractivity contribution in [3.05, 3.63) is 95.1 Å². The highest BCUT2D eigenvalue weighted by Crippen LogP contribution is 2.22. The molecule has 38 heavy (non-hydrogen) atoms. The van der Waals surface area contributed by atoms with Gasteiger partial charge in [-0.05, 0) is 36.8 Å². The largest absolute Gasteiger partial charge is 0.497 e. The Hall–Kier alpha value is -2.98. The third-order valence-corrected chi connectivity index (χ3v) is 5.48. The normalized spacial score (nSPS) is 10.5. The van der Waals surface area contributed by atoms with Crippen LogP contribution >= 0.6 is 0 Å². The standard InChI is InChI=1S/2C10H14O3.C10H14O2/c1-11-9-6-4-8(5-7-9)10(12-2)13-3;1-11-9-6-4-5-8(7-9)10(12-2)13-3;1-8-6-4-5-7-9(8)10(11-2)12-3/h2*4-7,10H,1-3H3;4-7,10H,1-3H3. The lowest BCUT2D eigenvalue weighted by Gasteiger charge is -2.15. The van der Waals surface area contributed by atoms with Gasteiger partial charge in [-0.25, -0.2) is 0 Å². The van der Waals surface area contributed by atoms with Gasteiger partial charge >= 0.3 is 0 Å². The van der Waals surface area contributed by atoms with E-state index in [4.69, 9.17) is 37.9 Å². The molecule has 0 aliphatic carbocycles. The summed E-state index contributed by atoms with van der Waals surface area (Å²) in [5.74, 6) is 1.63. The van der Waals surface area contributed by atoms with E-state index in [1.807, 2.05) is 79.7 Å². The molecule has 0 aromatic heterocycles. The first-order valence-corrected chi connectivity index (χ1v) is 11.9. The van der Waals surface area contributed by atoms with E-state index in [2.05, 4.69) is 0 Å². The van der Waals surface area contributed by atoms with Crippen molar-refractivity contribution in [1.82, 2.24) is 0 Å². The zero-order valence-electron chi connectivity index (χ0n) is 23.9. The molecule has 0 unspecified atom stereocenters. The predicted octanol–water partition coefficient (Wildman–Crippen LogP) is 6.26. The average Bonchev–Trinajstić information content (AvgIpc) is 2.97. The lowest BCUT2D eigenvalue weighted by Crippen LogP contribution is -2.04. The highest BCUT2D eigenvalue weighted by Gasteiger charge is 2.10. The second-order valence-corrected chi connectivity index (χ2v) is 7.82. The first kappa shape index (κ1) is 33.0. The Bertz CT molecular complexity index is 997. The SMILES string of the molecule is COC(OC)c1ccccc1C.COc1ccc(C(OC)OC)cc1.COc1cccc(C(OC)OC)c1. The van der Waals surface area contributed by atoms with Gasteiger partial charge in [0.05, 0.1) is 14.2 Å². The van der Waals surface area contributed by atoms with Crippen molar-refractivity contribution in [2.45, 2.75) is 25.8 Å². The lowest BCUT2D eigenvalue weighted by atomic mass is 10.1. The molecule has 0 amide bonds. The van der Waals surface area contributed by atoms with Gasteiger partial charge in [-0.2, -0.15) is 0 Å². The Morgan fingerprint density at radius 2 is 0.947 bits per heavy atom. The quantitative estimate of drug-likeness (QED) is 0.269. The summed E-state index contributed by atoms with van der Waals surface area (Å²) in [5.41, 5.74) is 4.20. The summed E-state index contributed by atoms with van der Waals surface area (Å²) in [5, 5.41) is 0. The number of methoxy groups -OCH3 is 8. The molecule has 0 aliphatic heterocycles. The van der Waals surface area contributed by atoms with Crippen LogP contribution < -0.4 is 9.47 Å². The van der Waals surface area contributed by atoms with Crippen LogP contribution in [0.15, 0.2) is 72.8 Å². The molecule has 0 bridgehead atoms. The molecule has 0 saturated carbocycles. The molecule has 3 aromatic rings. The van der Waals surface area contributed by atoms with Crippen molar-refractivity contribution in [2.75, 3.05) is 56.9 Å². The van der Waals surface area contributed by atoms with Crippen LogP contribution in [0.2, 0.25) is 0 Å². The predicted molar refractivity (Wildman–Crippen MR) is 147 cm³/mol. The Kier molecular flexibility index (Phi) is 16.6. The Morgan fingerprint density at radius 3 is 1.42 bits per heavy atom. The lowest BCUT2D eigenvalue weighted by molar-refractivity contribution is -0.106. The Balaban J connectivity index is 0.000000285. The van der Waals surface area contributed by atoms with E-state index in [1.165, 1.54) is 5.56 Å². The average molecular weight is 531 g/mol. The molecule has 3 rings (SSSR count). The van der Waals surface area contributed by atoms with Gasteiger partial charge in [0.25, 0.3) is 0 Å². The molecule has 0 atom stereocenters. The zero-order chi connectivity index (χ0) is 28.3. The maximum Gasteiger partial charge on any atom is 0.183 e. The van der Waals surface area contributed by atoms with Crippen LogP contribution in [0.1, 0.15) is 41.1 Å². The molecule has 0 N–H and O–H groups in total. The highest BCUT2D eigenvalue weighted by atomic mass is 16.7. The molecule has 0 spiro atoms. The summed E-state index contributed by atoms with van der Waals surface area (Å²) >= 11 is 0. The van der Waals surface area contributed by atoms with Gasteiger partial charge in [0, 0.05) is 59.3 Å². The molecule has 3 aromatic carbocycles. The molecule has 0 radical (unpaired) electrons. The Labute approximate surface area is 227 Å². The number of rotatable bonds is 11. The summed E-state index contributed by atoms with van der Waals surface area (Å²) in [6.07, 6.45) is -0.868. The van der Waals surface area contributed by atoms with Crippen LogP contribution in [0.5, 0.6) is 11.5 Å². The molecule has 0 aliphatic rings. The van der Waals surface area contributed by atoms with Crippen molar-refractivity contribution in [3.8, 4) is 11.5 Å². The minimum absolute atomic E-state index is 0.244. The molecular weight excluding hydrogens is 488 g/mol. The summed E-state index contributed by atoms with van der Waals surface area (Å²) in [6.45, 7) is 2.04. The molecular formula is C30H42O8. The topological polar surface area (TPSA) is 73.8 Å². The van der Waals surface area contributed by atoms with E-state index in [0.29, 0.717) is 0 Å². The van der Waals surface area contributed by atoms with Crippen LogP contribution in [0.25, 0.3) is 0 Å². The number of hydrogen-bond acceptors (Lipinski definition) is 8. The number of benzene rings is 3. The summed E-state index contributed by atoms with van der Waals surface area (Å²) < 4.78 is 40.8. The van der Waals surface area contributed by atoms with Crippen molar-refractivity contribution in [2.24, 2.45) is 0 Å². The van der Waals surface area contributed by atoms with Crippen molar-refractivity contribution in [3.63, 3.8) is 0 Å². The summed E-state index contributed by atoms with van der Waals surface area (Å²) in [7, 11) is 13.0.